The highest BCUT2D eigenvalue weighted by molar-refractivity contribution is 7.90. The summed E-state index contributed by atoms with van der Waals surface area (Å²) in [4.78, 5) is 12.4. The van der Waals surface area contributed by atoms with Gasteiger partial charge in [0, 0.05) is 17.0 Å². The van der Waals surface area contributed by atoms with Crippen molar-refractivity contribution in [1.29, 1.82) is 0 Å². The molecule has 134 valence electrons. The molecule has 0 heterocycles. The predicted octanol–water partition coefficient (Wildman–Crippen LogP) is 3.82. The van der Waals surface area contributed by atoms with Gasteiger partial charge in [0.25, 0.3) is 0 Å². The van der Waals surface area contributed by atoms with Gasteiger partial charge in [0.2, 0.25) is 15.9 Å². The number of rotatable bonds is 5. The van der Waals surface area contributed by atoms with E-state index in [1.807, 2.05) is 0 Å². The summed E-state index contributed by atoms with van der Waals surface area (Å²) in [5.74, 6) is -0.235. The molecule has 0 aromatic heterocycles. The first-order chi connectivity index (χ1) is 11.2. The van der Waals surface area contributed by atoms with E-state index in [-0.39, 0.29) is 17.9 Å². The molecule has 2 rings (SSSR count). The molecule has 2 N–H and O–H groups in total. The van der Waals surface area contributed by atoms with Crippen LogP contribution in [0.25, 0.3) is 0 Å². The van der Waals surface area contributed by atoms with Crippen LogP contribution in [0.4, 0.5) is 5.69 Å². The zero-order valence-corrected chi connectivity index (χ0v) is 16.0. The van der Waals surface area contributed by atoms with Gasteiger partial charge in [0.05, 0.1) is 16.0 Å². The Hall–Kier alpha value is -0.820. The van der Waals surface area contributed by atoms with Crippen LogP contribution in [0.3, 0.4) is 0 Å². The van der Waals surface area contributed by atoms with Crippen LogP contribution in [0.1, 0.15) is 39.5 Å². The van der Waals surface area contributed by atoms with E-state index in [4.69, 9.17) is 23.2 Å². The van der Waals surface area contributed by atoms with Crippen LogP contribution in [0, 0.1) is 5.92 Å². The topological polar surface area (TPSA) is 75.3 Å². The van der Waals surface area contributed by atoms with Gasteiger partial charge in [-0.3, -0.25) is 4.79 Å². The van der Waals surface area contributed by atoms with Crippen LogP contribution in [0.15, 0.2) is 18.2 Å². The Morgan fingerprint density at radius 3 is 2.33 bits per heavy atom. The molecule has 0 bridgehead atoms. The van der Waals surface area contributed by atoms with Crippen molar-refractivity contribution in [3.8, 4) is 0 Å². The fraction of sp³-hybridized carbons (Fsp3) is 0.562. The average Bonchev–Trinajstić information content (AvgIpc) is 2.50. The summed E-state index contributed by atoms with van der Waals surface area (Å²) in [6.45, 7) is 3.30. The van der Waals surface area contributed by atoms with Gasteiger partial charge in [-0.1, -0.05) is 23.2 Å². The lowest BCUT2D eigenvalue weighted by Gasteiger charge is -2.28. The molecule has 1 aliphatic carbocycles. The van der Waals surface area contributed by atoms with E-state index >= 15 is 0 Å². The third-order valence-electron chi connectivity index (χ3n) is 4.24. The number of carbonyl (C=O) groups is 1. The van der Waals surface area contributed by atoms with E-state index in [9.17, 15) is 13.2 Å². The number of carbonyl (C=O) groups excluding carboxylic acids is 1. The number of amides is 1. The van der Waals surface area contributed by atoms with Gasteiger partial charge in [0.15, 0.2) is 0 Å². The Labute approximate surface area is 153 Å². The Bertz CT molecular complexity index is 699. The molecule has 1 aromatic rings. The second-order valence-corrected chi connectivity index (χ2v) is 9.49. The van der Waals surface area contributed by atoms with Gasteiger partial charge in [-0.25, -0.2) is 13.1 Å². The maximum Gasteiger partial charge on any atom is 0.227 e. The fourth-order valence-corrected chi connectivity index (χ4v) is 4.10. The van der Waals surface area contributed by atoms with E-state index in [2.05, 4.69) is 10.0 Å². The Morgan fingerprint density at radius 2 is 1.79 bits per heavy atom. The molecule has 1 saturated carbocycles. The molecule has 0 unspecified atom stereocenters. The summed E-state index contributed by atoms with van der Waals surface area (Å²) in [5.41, 5.74) is 0.536. The van der Waals surface area contributed by atoms with Gasteiger partial charge in [-0.15, -0.1) is 0 Å². The maximum absolute atomic E-state index is 12.4. The minimum absolute atomic E-state index is 0.0932. The minimum Gasteiger partial charge on any atom is -0.325 e. The highest BCUT2D eigenvalue weighted by Crippen LogP contribution is 2.29. The number of benzene rings is 1. The Kier molecular flexibility index (Phi) is 6.53. The van der Waals surface area contributed by atoms with Crippen molar-refractivity contribution in [3.05, 3.63) is 28.2 Å². The molecule has 5 nitrogen and oxygen atoms in total. The van der Waals surface area contributed by atoms with E-state index in [1.165, 1.54) is 0 Å². The normalized spacial score (nSPS) is 21.7. The van der Waals surface area contributed by atoms with Gasteiger partial charge in [-0.2, -0.15) is 0 Å². The number of hydrogen-bond acceptors (Lipinski definition) is 3. The number of halogens is 2. The average molecular weight is 393 g/mol. The van der Waals surface area contributed by atoms with Crippen LogP contribution >= 0.6 is 23.2 Å². The Balaban J connectivity index is 1.89. The van der Waals surface area contributed by atoms with Crippen LogP contribution in [-0.2, 0) is 14.8 Å². The molecule has 0 spiro atoms. The molecule has 1 aromatic carbocycles. The fourth-order valence-electron chi connectivity index (χ4n) is 2.67. The van der Waals surface area contributed by atoms with Gasteiger partial charge < -0.3 is 5.32 Å². The standard InChI is InChI=1S/C16H22Cl2N2O3S/c1-10(2)24(22,23)20-13-6-3-11(4-7-13)16(21)19-15-8-5-12(17)9-14(15)18/h5,8-11,13,20H,3-4,6-7H2,1-2H3,(H,19,21). The first kappa shape index (κ1) is 19.5. The highest BCUT2D eigenvalue weighted by atomic mass is 35.5. The summed E-state index contributed by atoms with van der Waals surface area (Å²) in [6.07, 6.45) is 2.58. The smallest absolute Gasteiger partial charge is 0.227 e. The molecule has 1 aliphatic rings. The summed E-state index contributed by atoms with van der Waals surface area (Å²) >= 11 is 11.9. The zero-order valence-electron chi connectivity index (χ0n) is 13.7. The lowest BCUT2D eigenvalue weighted by molar-refractivity contribution is -0.120. The van der Waals surface area contributed by atoms with Crippen LogP contribution in [-0.4, -0.2) is 25.6 Å². The molecule has 8 heteroatoms. The van der Waals surface area contributed by atoms with Crippen molar-refractivity contribution >= 4 is 44.8 Å². The predicted molar refractivity (Wildman–Crippen MR) is 98.0 cm³/mol. The molecule has 1 fully saturated rings. The second kappa shape index (κ2) is 8.04. The molecule has 0 aliphatic heterocycles. The molecule has 24 heavy (non-hydrogen) atoms. The second-order valence-electron chi connectivity index (χ2n) is 6.37. The maximum atomic E-state index is 12.4. The van der Waals surface area contributed by atoms with Crippen LogP contribution in [0.5, 0.6) is 0 Å². The largest absolute Gasteiger partial charge is 0.325 e. The van der Waals surface area contributed by atoms with Crippen molar-refractivity contribution in [1.82, 2.24) is 4.72 Å². The molecule has 0 radical (unpaired) electrons. The summed E-state index contributed by atoms with van der Waals surface area (Å²) in [7, 11) is -3.27. The van der Waals surface area contributed by atoms with E-state index in [0.717, 1.165) is 0 Å². The Morgan fingerprint density at radius 1 is 1.17 bits per heavy atom. The highest BCUT2D eigenvalue weighted by Gasteiger charge is 2.29. The monoisotopic (exact) mass is 392 g/mol. The van der Waals surface area contributed by atoms with Crippen LogP contribution in [0.2, 0.25) is 10.0 Å². The molecular formula is C16H22Cl2N2O3S. The SMILES string of the molecule is CC(C)S(=O)(=O)NC1CCC(C(=O)Nc2ccc(Cl)cc2Cl)CC1. The molecular weight excluding hydrogens is 371 g/mol. The summed E-state index contributed by atoms with van der Waals surface area (Å²) < 4.78 is 26.5. The van der Waals surface area contributed by atoms with Gasteiger partial charge >= 0.3 is 0 Å². The number of sulfonamides is 1. The van der Waals surface area contributed by atoms with Crippen molar-refractivity contribution in [2.75, 3.05) is 5.32 Å². The minimum atomic E-state index is -3.27. The quantitative estimate of drug-likeness (QED) is 0.799. The van der Waals surface area contributed by atoms with E-state index in [0.29, 0.717) is 41.4 Å². The number of nitrogens with one attached hydrogen (secondary N) is 2. The first-order valence-electron chi connectivity index (χ1n) is 7.96. The lowest BCUT2D eigenvalue weighted by atomic mass is 9.86. The summed E-state index contributed by atoms with van der Waals surface area (Å²) in [5, 5.41) is 3.27. The van der Waals surface area contributed by atoms with Crippen molar-refractivity contribution in [2.45, 2.75) is 50.8 Å². The molecule has 1 amide bonds. The molecule has 0 saturated heterocycles. The number of hydrogen-bond donors (Lipinski definition) is 2. The third-order valence-corrected chi connectivity index (χ3v) is 6.69. The van der Waals surface area contributed by atoms with Crippen molar-refractivity contribution in [3.63, 3.8) is 0 Å². The zero-order chi connectivity index (χ0) is 17.9. The first-order valence-corrected chi connectivity index (χ1v) is 10.3. The van der Waals surface area contributed by atoms with Crippen LogP contribution < -0.4 is 10.0 Å². The van der Waals surface area contributed by atoms with Crippen molar-refractivity contribution < 1.29 is 13.2 Å². The lowest BCUT2D eigenvalue weighted by Crippen LogP contribution is -2.42. The number of anilines is 1. The summed E-state index contributed by atoms with van der Waals surface area (Å²) in [6, 6.07) is 4.82. The van der Waals surface area contributed by atoms with Crippen molar-refractivity contribution in [2.24, 2.45) is 5.92 Å². The van der Waals surface area contributed by atoms with E-state index < -0.39 is 15.3 Å². The molecule has 0 atom stereocenters. The third kappa shape index (κ3) is 5.09. The van der Waals surface area contributed by atoms with Gasteiger partial charge in [-0.05, 0) is 57.7 Å². The van der Waals surface area contributed by atoms with Gasteiger partial charge in [0.1, 0.15) is 0 Å². The van der Waals surface area contributed by atoms with E-state index in [1.54, 1.807) is 32.0 Å².